The second-order valence-corrected chi connectivity index (χ2v) is 14.3. The molecular formula is C37H32N4O7S. The van der Waals surface area contributed by atoms with Crippen molar-refractivity contribution in [2.24, 2.45) is 11.8 Å². The SMILES string of the molecule is Cc1ccc(C(=O)[C@@H]2[C@@H]3C=C[C@@]4([C@H](C(=O)NCc5ccccc5)N(Cc5ccccc5)C(=O)[C@@H]24)N3S(=O)(=O)c2ccccc2[N+](=O)[O-])cc1. The fraction of sp³-hybridized carbons (Fsp3) is 0.216. The van der Waals surface area contributed by atoms with Gasteiger partial charge in [0.15, 0.2) is 10.7 Å². The number of aryl methyl sites for hydroxylation is 1. The number of carbonyl (C=O) groups is 3. The number of carbonyl (C=O) groups excluding carboxylic acids is 3. The lowest BCUT2D eigenvalue weighted by Gasteiger charge is -2.38. The van der Waals surface area contributed by atoms with Gasteiger partial charge in [0.2, 0.25) is 11.8 Å². The fourth-order valence-corrected chi connectivity index (χ4v) is 9.72. The molecule has 4 aromatic carbocycles. The number of sulfonamides is 1. The van der Waals surface area contributed by atoms with Crippen molar-refractivity contribution in [2.75, 3.05) is 0 Å². The average Bonchev–Trinajstić information content (AvgIpc) is 3.72. The van der Waals surface area contributed by atoms with Crippen LogP contribution in [0, 0.1) is 28.9 Å². The molecule has 3 heterocycles. The summed E-state index contributed by atoms with van der Waals surface area (Å²) in [5.74, 6) is -4.12. The number of nitro groups is 1. The fourth-order valence-electron chi connectivity index (χ4n) is 7.64. The summed E-state index contributed by atoms with van der Waals surface area (Å²) in [5, 5.41) is 15.0. The molecule has 0 radical (unpaired) electrons. The summed E-state index contributed by atoms with van der Waals surface area (Å²) in [6.45, 7) is 1.93. The van der Waals surface area contributed by atoms with Gasteiger partial charge in [-0.25, -0.2) is 8.42 Å². The van der Waals surface area contributed by atoms with E-state index < -0.39 is 72.6 Å². The first kappa shape index (κ1) is 32.1. The van der Waals surface area contributed by atoms with Crippen LogP contribution in [0.5, 0.6) is 0 Å². The molecular weight excluding hydrogens is 644 g/mol. The van der Waals surface area contributed by atoms with Gasteiger partial charge < -0.3 is 10.2 Å². The monoisotopic (exact) mass is 676 g/mol. The number of ketones is 1. The van der Waals surface area contributed by atoms with Gasteiger partial charge in [-0.15, -0.1) is 0 Å². The van der Waals surface area contributed by atoms with Crippen LogP contribution in [-0.2, 0) is 32.7 Å². The quantitative estimate of drug-likeness (QED) is 0.113. The number of benzene rings is 4. The Bertz CT molecular complexity index is 2110. The van der Waals surface area contributed by atoms with Crippen LogP contribution in [0.25, 0.3) is 0 Å². The van der Waals surface area contributed by atoms with Gasteiger partial charge in [0, 0.05) is 24.7 Å². The van der Waals surface area contributed by atoms with Gasteiger partial charge in [0.25, 0.3) is 15.7 Å². The van der Waals surface area contributed by atoms with Crippen molar-refractivity contribution in [3.63, 3.8) is 0 Å². The van der Waals surface area contributed by atoms with E-state index >= 15 is 0 Å². The van der Waals surface area contributed by atoms with Crippen LogP contribution in [0.3, 0.4) is 0 Å². The predicted molar refractivity (Wildman–Crippen MR) is 179 cm³/mol. The molecule has 5 atom stereocenters. The molecule has 0 unspecified atom stereocenters. The number of hydrogen-bond acceptors (Lipinski definition) is 7. The second-order valence-electron chi connectivity index (χ2n) is 12.6. The van der Waals surface area contributed by atoms with Gasteiger partial charge in [-0.05, 0) is 24.1 Å². The number of nitrogens with one attached hydrogen (secondary N) is 1. The zero-order valence-electron chi connectivity index (χ0n) is 26.4. The first-order valence-electron chi connectivity index (χ1n) is 15.8. The number of fused-ring (bicyclic) bond motifs is 1. The van der Waals surface area contributed by atoms with Crippen LogP contribution in [0.15, 0.2) is 126 Å². The summed E-state index contributed by atoms with van der Waals surface area (Å²) >= 11 is 0. The molecule has 0 saturated carbocycles. The lowest BCUT2D eigenvalue weighted by molar-refractivity contribution is -0.387. The minimum absolute atomic E-state index is 0.0370. The van der Waals surface area contributed by atoms with Gasteiger partial charge in [-0.3, -0.25) is 24.5 Å². The Kier molecular flexibility index (Phi) is 8.00. The van der Waals surface area contributed by atoms with E-state index in [-0.39, 0.29) is 18.7 Å². The number of para-hydroxylation sites is 1. The van der Waals surface area contributed by atoms with Gasteiger partial charge in [0.1, 0.15) is 6.04 Å². The molecule has 0 aromatic heterocycles. The number of nitro benzene ring substituents is 1. The van der Waals surface area contributed by atoms with Crippen molar-refractivity contribution in [3.8, 4) is 0 Å². The lowest BCUT2D eigenvalue weighted by atomic mass is 9.71. The molecule has 1 N–H and O–H groups in total. The molecule has 11 nitrogen and oxygen atoms in total. The van der Waals surface area contributed by atoms with E-state index in [2.05, 4.69) is 5.32 Å². The zero-order valence-corrected chi connectivity index (χ0v) is 27.2. The van der Waals surface area contributed by atoms with E-state index in [4.69, 9.17) is 0 Å². The summed E-state index contributed by atoms with van der Waals surface area (Å²) < 4.78 is 30.7. The third-order valence-electron chi connectivity index (χ3n) is 9.73. The molecule has 2 bridgehead atoms. The molecule has 2 amide bonds. The van der Waals surface area contributed by atoms with Crippen molar-refractivity contribution in [3.05, 3.63) is 154 Å². The molecule has 49 heavy (non-hydrogen) atoms. The first-order valence-corrected chi connectivity index (χ1v) is 17.2. The standard InChI is InChI=1S/C37H32N4O7S/c1-24-16-18-27(19-17-24)33(42)31-29-20-21-37(40(29)49(47,48)30-15-9-8-14-28(30)41(45)46)32(31)36(44)39(23-26-12-6-3-7-13-26)34(37)35(43)38-22-25-10-4-2-5-11-25/h2-21,29,31-32,34H,22-23H2,1H3,(H,38,43)/t29-,31+,32+,34-,37+/m0/s1. The highest BCUT2D eigenvalue weighted by atomic mass is 32.2. The van der Waals surface area contributed by atoms with E-state index in [0.717, 1.165) is 27.6 Å². The molecule has 12 heteroatoms. The molecule has 0 aliphatic carbocycles. The highest BCUT2D eigenvalue weighted by Crippen LogP contribution is 2.59. The Morgan fingerprint density at radius 3 is 2.14 bits per heavy atom. The topological polar surface area (TPSA) is 147 Å². The van der Waals surface area contributed by atoms with Gasteiger partial charge >= 0.3 is 0 Å². The molecule has 2 saturated heterocycles. The predicted octanol–water partition coefficient (Wildman–Crippen LogP) is 4.43. The van der Waals surface area contributed by atoms with E-state index in [1.807, 2.05) is 43.3 Å². The maximum absolute atomic E-state index is 14.8. The first-order chi connectivity index (χ1) is 23.6. The maximum atomic E-state index is 14.8. The van der Waals surface area contributed by atoms with Crippen LogP contribution in [0.2, 0.25) is 0 Å². The van der Waals surface area contributed by atoms with E-state index in [1.54, 1.807) is 60.7 Å². The van der Waals surface area contributed by atoms with Crippen molar-refractivity contribution in [2.45, 2.75) is 42.5 Å². The van der Waals surface area contributed by atoms with Crippen LogP contribution in [-0.4, -0.2) is 57.8 Å². The van der Waals surface area contributed by atoms with Crippen LogP contribution in [0.1, 0.15) is 27.0 Å². The lowest BCUT2D eigenvalue weighted by Crippen LogP contribution is -2.61. The minimum atomic E-state index is -4.80. The molecule has 4 aromatic rings. The van der Waals surface area contributed by atoms with E-state index in [9.17, 15) is 32.9 Å². The summed E-state index contributed by atoms with van der Waals surface area (Å²) in [6, 6.07) is 27.3. The Morgan fingerprint density at radius 1 is 0.878 bits per heavy atom. The van der Waals surface area contributed by atoms with E-state index in [1.165, 1.54) is 17.0 Å². The summed E-state index contributed by atoms with van der Waals surface area (Å²) in [6.07, 6.45) is 3.10. The van der Waals surface area contributed by atoms with Crippen molar-refractivity contribution in [1.82, 2.24) is 14.5 Å². The van der Waals surface area contributed by atoms with Crippen molar-refractivity contribution < 1.29 is 27.7 Å². The van der Waals surface area contributed by atoms with Crippen LogP contribution >= 0.6 is 0 Å². The second kappa shape index (κ2) is 12.2. The zero-order chi connectivity index (χ0) is 34.5. The Morgan fingerprint density at radius 2 is 1.49 bits per heavy atom. The number of likely N-dealkylation sites (tertiary alicyclic amines) is 1. The van der Waals surface area contributed by atoms with Crippen molar-refractivity contribution >= 4 is 33.3 Å². The number of hydrogen-bond donors (Lipinski definition) is 1. The number of nitrogens with zero attached hydrogens (tertiary/aromatic N) is 3. The third-order valence-corrected chi connectivity index (χ3v) is 11.7. The summed E-state index contributed by atoms with van der Waals surface area (Å²) in [4.78, 5) is 55.8. The number of Topliss-reactive ketones (excluding diaryl/α,β-unsaturated/α-hetero) is 1. The summed E-state index contributed by atoms with van der Waals surface area (Å²) in [5.41, 5.74) is 0.147. The Balaban J connectivity index is 1.42. The largest absolute Gasteiger partial charge is 0.350 e. The maximum Gasteiger partial charge on any atom is 0.289 e. The normalized spacial score (nSPS) is 24.2. The smallest absolute Gasteiger partial charge is 0.289 e. The Labute approximate surface area is 283 Å². The van der Waals surface area contributed by atoms with Crippen LogP contribution in [0.4, 0.5) is 5.69 Å². The molecule has 2 fully saturated rings. The Hall–Kier alpha value is -5.46. The molecule has 3 aliphatic rings. The van der Waals surface area contributed by atoms with Gasteiger partial charge in [0.05, 0.1) is 28.3 Å². The van der Waals surface area contributed by atoms with Gasteiger partial charge in [-0.1, -0.05) is 115 Å². The highest BCUT2D eigenvalue weighted by molar-refractivity contribution is 7.89. The minimum Gasteiger partial charge on any atom is -0.350 e. The molecule has 3 aliphatic heterocycles. The molecule has 7 rings (SSSR count). The number of amides is 2. The van der Waals surface area contributed by atoms with Crippen LogP contribution < -0.4 is 5.32 Å². The van der Waals surface area contributed by atoms with Crippen molar-refractivity contribution in [1.29, 1.82) is 0 Å². The molecule has 1 spiro atoms. The number of rotatable bonds is 10. The highest BCUT2D eigenvalue weighted by Gasteiger charge is 2.77. The third kappa shape index (κ3) is 5.15. The molecule has 248 valence electrons. The van der Waals surface area contributed by atoms with Gasteiger partial charge in [-0.2, -0.15) is 4.31 Å². The van der Waals surface area contributed by atoms with E-state index in [0.29, 0.717) is 5.56 Å². The average molecular weight is 677 g/mol. The summed E-state index contributed by atoms with van der Waals surface area (Å²) in [7, 11) is -4.80.